The van der Waals surface area contributed by atoms with Gasteiger partial charge in [-0.2, -0.15) is 5.26 Å². The van der Waals surface area contributed by atoms with Crippen LogP contribution in [0.4, 0.5) is 0 Å². The van der Waals surface area contributed by atoms with E-state index in [1.165, 1.54) is 32.4 Å². The number of hydrogen-bond acceptors (Lipinski definition) is 3. The summed E-state index contributed by atoms with van der Waals surface area (Å²) in [5.41, 5.74) is 0. The fraction of sp³-hybridized carbons (Fsp3) is 0.900. The van der Waals surface area contributed by atoms with Gasteiger partial charge in [-0.25, -0.2) is 0 Å². The molecule has 1 unspecified atom stereocenters. The number of nitriles is 1. The zero-order valence-electron chi connectivity index (χ0n) is 8.42. The van der Waals surface area contributed by atoms with E-state index in [0.29, 0.717) is 6.54 Å². The normalized spacial score (nSPS) is 24.2. The number of nitrogens with zero attached hydrogens (tertiary/aromatic N) is 2. The topological polar surface area (TPSA) is 39.1 Å². The molecule has 1 heterocycles. The summed E-state index contributed by atoms with van der Waals surface area (Å²) in [5, 5.41) is 11.4. The van der Waals surface area contributed by atoms with Gasteiger partial charge in [-0.15, -0.1) is 0 Å². The standard InChI is InChI=1S/C10H19N3/c1-13-8-2-3-10(9-13)4-6-12-7-5-11/h10,12H,2-4,6-9H2,1H3. The molecular weight excluding hydrogens is 162 g/mol. The molecule has 0 amide bonds. The average molecular weight is 181 g/mol. The summed E-state index contributed by atoms with van der Waals surface area (Å²) in [6.45, 7) is 3.96. The Hall–Kier alpha value is -0.590. The van der Waals surface area contributed by atoms with Crippen LogP contribution in [0.15, 0.2) is 0 Å². The summed E-state index contributed by atoms with van der Waals surface area (Å²) in [6.07, 6.45) is 3.91. The van der Waals surface area contributed by atoms with Crippen molar-refractivity contribution in [3.8, 4) is 6.07 Å². The van der Waals surface area contributed by atoms with Gasteiger partial charge >= 0.3 is 0 Å². The highest BCUT2D eigenvalue weighted by atomic mass is 15.1. The molecule has 3 heteroatoms. The number of likely N-dealkylation sites (tertiary alicyclic amines) is 1. The van der Waals surface area contributed by atoms with Gasteiger partial charge in [-0.3, -0.25) is 0 Å². The van der Waals surface area contributed by atoms with E-state index < -0.39 is 0 Å². The molecule has 1 N–H and O–H groups in total. The van der Waals surface area contributed by atoms with Crippen LogP contribution in [-0.2, 0) is 0 Å². The molecule has 0 spiro atoms. The Morgan fingerprint density at radius 3 is 3.15 bits per heavy atom. The zero-order chi connectivity index (χ0) is 9.52. The minimum Gasteiger partial charge on any atom is -0.306 e. The second-order valence-electron chi connectivity index (χ2n) is 3.89. The first-order valence-electron chi connectivity index (χ1n) is 5.09. The maximum atomic E-state index is 8.32. The summed E-state index contributed by atoms with van der Waals surface area (Å²) in [7, 11) is 2.19. The SMILES string of the molecule is CN1CCCC(CCNCC#N)C1. The molecule has 1 saturated heterocycles. The minimum absolute atomic E-state index is 0.489. The van der Waals surface area contributed by atoms with Crippen molar-refractivity contribution in [2.45, 2.75) is 19.3 Å². The van der Waals surface area contributed by atoms with Crippen LogP contribution in [0.5, 0.6) is 0 Å². The first kappa shape index (κ1) is 10.5. The van der Waals surface area contributed by atoms with Crippen LogP contribution >= 0.6 is 0 Å². The molecule has 0 bridgehead atoms. The number of piperidine rings is 1. The molecule has 1 aliphatic heterocycles. The van der Waals surface area contributed by atoms with Crippen LogP contribution in [-0.4, -0.2) is 38.1 Å². The third-order valence-electron chi connectivity index (χ3n) is 2.66. The molecule has 0 saturated carbocycles. The summed E-state index contributed by atoms with van der Waals surface area (Å²) < 4.78 is 0. The highest BCUT2D eigenvalue weighted by Gasteiger charge is 2.15. The number of hydrogen-bond donors (Lipinski definition) is 1. The second kappa shape index (κ2) is 5.95. The number of rotatable bonds is 4. The first-order chi connectivity index (χ1) is 6.33. The molecule has 1 atom stereocenters. The van der Waals surface area contributed by atoms with Crippen molar-refractivity contribution in [2.24, 2.45) is 5.92 Å². The lowest BCUT2D eigenvalue weighted by molar-refractivity contribution is 0.202. The maximum Gasteiger partial charge on any atom is 0.0840 e. The van der Waals surface area contributed by atoms with Gasteiger partial charge in [0, 0.05) is 6.54 Å². The average Bonchev–Trinajstić information content (AvgIpc) is 2.13. The molecule has 1 rings (SSSR count). The Labute approximate surface area is 80.7 Å². The van der Waals surface area contributed by atoms with E-state index in [1.807, 2.05) is 0 Å². The van der Waals surface area contributed by atoms with Crippen molar-refractivity contribution in [2.75, 3.05) is 33.2 Å². The Kier molecular flexibility index (Phi) is 4.81. The van der Waals surface area contributed by atoms with Crippen molar-refractivity contribution < 1.29 is 0 Å². The Morgan fingerprint density at radius 2 is 2.46 bits per heavy atom. The molecule has 0 aromatic heterocycles. The highest BCUT2D eigenvalue weighted by Crippen LogP contribution is 2.17. The minimum atomic E-state index is 0.489. The second-order valence-corrected chi connectivity index (χ2v) is 3.89. The Bertz CT molecular complexity index is 173. The zero-order valence-corrected chi connectivity index (χ0v) is 8.42. The van der Waals surface area contributed by atoms with Gasteiger partial charge in [0.1, 0.15) is 0 Å². The third-order valence-corrected chi connectivity index (χ3v) is 2.66. The Balaban J connectivity index is 2.04. The lowest BCUT2D eigenvalue weighted by Gasteiger charge is -2.29. The molecule has 3 nitrogen and oxygen atoms in total. The van der Waals surface area contributed by atoms with Gasteiger partial charge in [-0.05, 0) is 45.3 Å². The van der Waals surface area contributed by atoms with Crippen molar-refractivity contribution >= 4 is 0 Å². The number of nitrogens with one attached hydrogen (secondary N) is 1. The molecular formula is C10H19N3. The highest BCUT2D eigenvalue weighted by molar-refractivity contribution is 4.75. The van der Waals surface area contributed by atoms with E-state index in [1.54, 1.807) is 0 Å². The fourth-order valence-corrected chi connectivity index (χ4v) is 1.96. The van der Waals surface area contributed by atoms with Crippen molar-refractivity contribution in [3.05, 3.63) is 0 Å². The first-order valence-corrected chi connectivity index (χ1v) is 5.09. The van der Waals surface area contributed by atoms with Crippen LogP contribution in [0, 0.1) is 17.2 Å². The van der Waals surface area contributed by atoms with Crippen LogP contribution in [0.2, 0.25) is 0 Å². The summed E-state index contributed by atoms with van der Waals surface area (Å²) in [4.78, 5) is 2.40. The molecule has 0 radical (unpaired) electrons. The van der Waals surface area contributed by atoms with E-state index in [-0.39, 0.29) is 0 Å². The molecule has 0 aromatic carbocycles. The van der Waals surface area contributed by atoms with E-state index in [2.05, 4.69) is 23.3 Å². The van der Waals surface area contributed by atoms with Crippen LogP contribution in [0.3, 0.4) is 0 Å². The molecule has 74 valence electrons. The quantitative estimate of drug-likeness (QED) is 0.516. The maximum absolute atomic E-state index is 8.32. The molecule has 1 aliphatic rings. The van der Waals surface area contributed by atoms with Crippen LogP contribution in [0.25, 0.3) is 0 Å². The van der Waals surface area contributed by atoms with Crippen molar-refractivity contribution in [1.82, 2.24) is 10.2 Å². The summed E-state index contributed by atoms with van der Waals surface area (Å²) >= 11 is 0. The summed E-state index contributed by atoms with van der Waals surface area (Å²) in [5.74, 6) is 0.838. The fourth-order valence-electron chi connectivity index (χ4n) is 1.96. The van der Waals surface area contributed by atoms with Gasteiger partial charge < -0.3 is 10.2 Å². The van der Waals surface area contributed by atoms with Gasteiger partial charge in [-0.1, -0.05) is 0 Å². The van der Waals surface area contributed by atoms with E-state index in [4.69, 9.17) is 5.26 Å². The van der Waals surface area contributed by atoms with E-state index >= 15 is 0 Å². The van der Waals surface area contributed by atoms with Crippen LogP contribution < -0.4 is 5.32 Å². The van der Waals surface area contributed by atoms with E-state index in [9.17, 15) is 0 Å². The predicted octanol–water partition coefficient (Wildman–Crippen LogP) is 0.831. The predicted molar refractivity (Wildman–Crippen MR) is 53.3 cm³/mol. The molecule has 1 fully saturated rings. The third kappa shape index (κ3) is 4.25. The molecule has 0 aliphatic carbocycles. The van der Waals surface area contributed by atoms with Gasteiger partial charge in [0.25, 0.3) is 0 Å². The monoisotopic (exact) mass is 181 g/mol. The largest absolute Gasteiger partial charge is 0.306 e. The smallest absolute Gasteiger partial charge is 0.0840 e. The summed E-state index contributed by atoms with van der Waals surface area (Å²) in [6, 6.07) is 2.09. The molecule has 0 aromatic rings. The van der Waals surface area contributed by atoms with E-state index in [0.717, 1.165) is 12.5 Å². The lowest BCUT2D eigenvalue weighted by atomic mass is 9.95. The van der Waals surface area contributed by atoms with Crippen molar-refractivity contribution in [3.63, 3.8) is 0 Å². The van der Waals surface area contributed by atoms with Gasteiger partial charge in [0.15, 0.2) is 0 Å². The lowest BCUT2D eigenvalue weighted by Crippen LogP contribution is -2.33. The Morgan fingerprint density at radius 1 is 1.62 bits per heavy atom. The van der Waals surface area contributed by atoms with Gasteiger partial charge in [0.2, 0.25) is 0 Å². The molecule has 13 heavy (non-hydrogen) atoms. The van der Waals surface area contributed by atoms with Crippen LogP contribution in [0.1, 0.15) is 19.3 Å². The van der Waals surface area contributed by atoms with Gasteiger partial charge in [0.05, 0.1) is 12.6 Å². The van der Waals surface area contributed by atoms with Crippen molar-refractivity contribution in [1.29, 1.82) is 5.26 Å².